The fourth-order valence-electron chi connectivity index (χ4n) is 3.75. The van der Waals surface area contributed by atoms with Crippen molar-refractivity contribution in [2.75, 3.05) is 27.1 Å². The van der Waals surface area contributed by atoms with Crippen LogP contribution in [0.3, 0.4) is 0 Å². The summed E-state index contributed by atoms with van der Waals surface area (Å²) < 4.78 is 18.4. The minimum absolute atomic E-state index is 0.104. The van der Waals surface area contributed by atoms with Crippen LogP contribution in [0.4, 0.5) is 0 Å². The van der Waals surface area contributed by atoms with Crippen LogP contribution in [0.15, 0.2) is 77.0 Å². The molecule has 0 saturated heterocycles. The molecule has 0 aliphatic rings. The summed E-state index contributed by atoms with van der Waals surface area (Å²) in [6, 6.07) is 21.3. The quantitative estimate of drug-likeness (QED) is 0.169. The Balaban J connectivity index is 1.56. The maximum absolute atomic E-state index is 12.5. The number of carbonyl (C=O) groups is 1. The van der Waals surface area contributed by atoms with Crippen molar-refractivity contribution in [1.29, 1.82) is 0 Å². The number of hydrogen-bond acceptors (Lipinski definition) is 8. The topological polar surface area (TPSA) is 99.9 Å². The molecule has 4 aromatic rings. The van der Waals surface area contributed by atoms with Crippen LogP contribution < -0.4 is 19.6 Å². The molecule has 0 fully saturated rings. The van der Waals surface area contributed by atoms with Crippen molar-refractivity contribution < 1.29 is 19.0 Å². The van der Waals surface area contributed by atoms with Crippen LogP contribution >= 0.6 is 11.8 Å². The second-order valence-corrected chi connectivity index (χ2v) is 9.01. The molecule has 1 N–H and O–H groups in total. The van der Waals surface area contributed by atoms with Gasteiger partial charge < -0.3 is 14.2 Å². The Bertz CT molecular complexity index is 1380. The number of methoxy groups -OCH3 is 3. The van der Waals surface area contributed by atoms with Crippen LogP contribution in [0.1, 0.15) is 18.1 Å². The minimum Gasteiger partial charge on any atom is -0.493 e. The van der Waals surface area contributed by atoms with Crippen molar-refractivity contribution in [2.24, 2.45) is 5.10 Å². The highest BCUT2D eigenvalue weighted by atomic mass is 32.2. The number of carbonyl (C=O) groups excluding carboxylic acids is 1. The second kappa shape index (κ2) is 12.8. The van der Waals surface area contributed by atoms with E-state index in [0.717, 1.165) is 17.7 Å². The average molecular weight is 532 g/mol. The van der Waals surface area contributed by atoms with E-state index in [4.69, 9.17) is 14.2 Å². The molecular formula is C28H29N5O4S. The van der Waals surface area contributed by atoms with Crippen LogP contribution in [0.5, 0.6) is 17.2 Å². The molecule has 38 heavy (non-hydrogen) atoms. The molecule has 0 spiro atoms. The van der Waals surface area contributed by atoms with Gasteiger partial charge in [0, 0.05) is 11.3 Å². The van der Waals surface area contributed by atoms with Gasteiger partial charge in [-0.1, -0.05) is 61.2 Å². The maximum Gasteiger partial charge on any atom is 0.250 e. The molecule has 0 unspecified atom stereocenters. The molecule has 0 bridgehead atoms. The Morgan fingerprint density at radius 3 is 2.26 bits per heavy atom. The molecule has 4 rings (SSSR count). The van der Waals surface area contributed by atoms with Crippen molar-refractivity contribution >= 4 is 23.9 Å². The van der Waals surface area contributed by atoms with E-state index in [1.54, 1.807) is 27.5 Å². The Labute approximate surface area is 225 Å². The summed E-state index contributed by atoms with van der Waals surface area (Å²) in [4.78, 5) is 12.5. The summed E-state index contributed by atoms with van der Waals surface area (Å²) in [5.41, 5.74) is 6.29. The molecule has 1 aromatic heterocycles. The zero-order chi connectivity index (χ0) is 26.9. The number of rotatable bonds is 11. The van der Waals surface area contributed by atoms with Gasteiger partial charge >= 0.3 is 0 Å². The van der Waals surface area contributed by atoms with Crippen molar-refractivity contribution in [3.8, 4) is 34.3 Å². The van der Waals surface area contributed by atoms with E-state index in [2.05, 4.69) is 27.6 Å². The van der Waals surface area contributed by atoms with Gasteiger partial charge in [0.25, 0.3) is 5.91 Å². The predicted molar refractivity (Wildman–Crippen MR) is 149 cm³/mol. The van der Waals surface area contributed by atoms with E-state index in [1.807, 2.05) is 71.3 Å². The van der Waals surface area contributed by atoms with Crippen molar-refractivity contribution in [1.82, 2.24) is 20.2 Å². The number of benzene rings is 3. The number of para-hydroxylation sites is 1. The molecule has 10 heteroatoms. The largest absolute Gasteiger partial charge is 0.493 e. The normalized spacial score (nSPS) is 10.9. The van der Waals surface area contributed by atoms with Gasteiger partial charge in [0.15, 0.2) is 22.5 Å². The van der Waals surface area contributed by atoms with Gasteiger partial charge in [-0.25, -0.2) is 5.43 Å². The summed E-state index contributed by atoms with van der Waals surface area (Å²) >= 11 is 1.26. The lowest BCUT2D eigenvalue weighted by Crippen LogP contribution is -2.20. The average Bonchev–Trinajstić information content (AvgIpc) is 3.40. The van der Waals surface area contributed by atoms with E-state index in [9.17, 15) is 4.79 Å². The third-order valence-electron chi connectivity index (χ3n) is 5.69. The van der Waals surface area contributed by atoms with Gasteiger partial charge in [-0.3, -0.25) is 9.36 Å². The first-order valence-corrected chi connectivity index (χ1v) is 12.9. The van der Waals surface area contributed by atoms with Crippen LogP contribution in [-0.4, -0.2) is 54.0 Å². The molecular weight excluding hydrogens is 502 g/mol. The zero-order valence-electron chi connectivity index (χ0n) is 21.7. The number of nitrogens with zero attached hydrogens (tertiary/aromatic N) is 4. The molecule has 0 radical (unpaired) electrons. The summed E-state index contributed by atoms with van der Waals surface area (Å²) in [5, 5.41) is 13.5. The predicted octanol–water partition coefficient (Wildman–Crippen LogP) is 4.76. The van der Waals surface area contributed by atoms with Crippen LogP contribution in [0.2, 0.25) is 0 Å². The van der Waals surface area contributed by atoms with E-state index in [-0.39, 0.29) is 11.7 Å². The lowest BCUT2D eigenvalue weighted by Gasteiger charge is -2.15. The van der Waals surface area contributed by atoms with E-state index in [0.29, 0.717) is 33.8 Å². The fourth-order valence-corrected chi connectivity index (χ4v) is 4.50. The summed E-state index contributed by atoms with van der Waals surface area (Å²) in [6.07, 6.45) is 2.59. The Morgan fingerprint density at radius 2 is 1.66 bits per heavy atom. The van der Waals surface area contributed by atoms with E-state index >= 15 is 0 Å². The molecule has 0 aliphatic heterocycles. The lowest BCUT2D eigenvalue weighted by atomic mass is 10.1. The second-order valence-electron chi connectivity index (χ2n) is 8.07. The number of ether oxygens (including phenoxy) is 3. The molecule has 1 amide bonds. The van der Waals surface area contributed by atoms with E-state index < -0.39 is 0 Å². The summed E-state index contributed by atoms with van der Waals surface area (Å²) in [6.45, 7) is 2.10. The van der Waals surface area contributed by atoms with Crippen LogP contribution in [0, 0.1) is 0 Å². The SMILES string of the molecule is CCc1ccc(/C=N\NC(=O)CSc2nnc(-c3cc(OC)c(OC)c(OC)c3)n2-c2ccccc2)cc1. The van der Waals surface area contributed by atoms with Gasteiger partial charge in [0.1, 0.15) is 0 Å². The first-order chi connectivity index (χ1) is 18.6. The molecule has 9 nitrogen and oxygen atoms in total. The number of aromatic nitrogens is 3. The Morgan fingerprint density at radius 1 is 0.974 bits per heavy atom. The fraction of sp³-hybridized carbons (Fsp3) is 0.214. The molecule has 3 aromatic carbocycles. The first kappa shape index (κ1) is 26.7. The number of aryl methyl sites for hydroxylation is 1. The number of amides is 1. The number of thioether (sulfide) groups is 1. The molecule has 196 valence electrons. The maximum atomic E-state index is 12.5. The summed E-state index contributed by atoms with van der Waals surface area (Å²) in [7, 11) is 4.68. The van der Waals surface area contributed by atoms with Crippen molar-refractivity contribution in [3.05, 3.63) is 77.9 Å². The standard InChI is InChI=1S/C28H29N5O4S/c1-5-19-11-13-20(14-12-19)17-29-30-25(34)18-38-28-32-31-27(33(28)22-9-7-6-8-10-22)21-15-23(35-2)26(37-4)24(16-21)36-3/h6-17H,5,18H2,1-4H3,(H,30,34)/b29-17-. The first-order valence-electron chi connectivity index (χ1n) is 11.9. The third kappa shape index (κ3) is 6.15. The monoisotopic (exact) mass is 531 g/mol. The van der Waals surface area contributed by atoms with Gasteiger partial charge in [0.05, 0.1) is 33.3 Å². The number of nitrogens with one attached hydrogen (secondary N) is 1. The summed E-state index contributed by atoms with van der Waals surface area (Å²) in [5.74, 6) is 1.89. The zero-order valence-corrected chi connectivity index (χ0v) is 22.5. The van der Waals surface area contributed by atoms with Gasteiger partial charge in [-0.15, -0.1) is 10.2 Å². The highest BCUT2D eigenvalue weighted by molar-refractivity contribution is 7.99. The number of hydrazone groups is 1. The van der Waals surface area contributed by atoms with Crippen LogP contribution in [-0.2, 0) is 11.2 Å². The Hall–Kier alpha value is -4.31. The van der Waals surface area contributed by atoms with Crippen LogP contribution in [0.25, 0.3) is 17.1 Å². The van der Waals surface area contributed by atoms with Gasteiger partial charge in [0.2, 0.25) is 5.75 Å². The highest BCUT2D eigenvalue weighted by Gasteiger charge is 2.21. The lowest BCUT2D eigenvalue weighted by molar-refractivity contribution is -0.118. The molecule has 1 heterocycles. The smallest absolute Gasteiger partial charge is 0.250 e. The Kier molecular flexibility index (Phi) is 8.99. The van der Waals surface area contributed by atoms with Crippen molar-refractivity contribution in [2.45, 2.75) is 18.5 Å². The van der Waals surface area contributed by atoms with Gasteiger partial charge in [-0.05, 0) is 41.8 Å². The number of hydrogen-bond donors (Lipinski definition) is 1. The minimum atomic E-state index is -0.256. The molecule has 0 atom stereocenters. The van der Waals surface area contributed by atoms with Gasteiger partial charge in [-0.2, -0.15) is 5.10 Å². The highest BCUT2D eigenvalue weighted by Crippen LogP contribution is 2.41. The van der Waals surface area contributed by atoms with E-state index in [1.165, 1.54) is 17.3 Å². The van der Waals surface area contributed by atoms with Crippen molar-refractivity contribution in [3.63, 3.8) is 0 Å². The molecule has 0 aliphatic carbocycles. The third-order valence-corrected chi connectivity index (χ3v) is 6.62. The molecule has 0 saturated carbocycles.